The van der Waals surface area contributed by atoms with Crippen LogP contribution in [0.25, 0.3) is 10.9 Å². The van der Waals surface area contributed by atoms with Gasteiger partial charge in [-0.1, -0.05) is 49.9 Å². The number of aromatic nitrogens is 2. The van der Waals surface area contributed by atoms with E-state index in [0.717, 1.165) is 28.4 Å². The molecule has 0 aliphatic carbocycles. The highest BCUT2D eigenvalue weighted by Gasteiger charge is 2.11. The summed E-state index contributed by atoms with van der Waals surface area (Å²) >= 11 is 1.59. The Labute approximate surface area is 130 Å². The van der Waals surface area contributed by atoms with E-state index in [1.54, 1.807) is 11.8 Å². The first-order valence-corrected chi connectivity index (χ1v) is 8.24. The van der Waals surface area contributed by atoms with Crippen molar-refractivity contribution in [3.63, 3.8) is 0 Å². The summed E-state index contributed by atoms with van der Waals surface area (Å²) in [6, 6.07) is 7.55. The molecule has 0 saturated heterocycles. The Morgan fingerprint density at radius 1 is 1.38 bits per heavy atom. The number of para-hydroxylation sites is 1. The van der Waals surface area contributed by atoms with Crippen molar-refractivity contribution in [1.29, 1.82) is 0 Å². The van der Waals surface area contributed by atoms with Gasteiger partial charge in [0.15, 0.2) is 5.16 Å². The highest BCUT2D eigenvalue weighted by Crippen LogP contribution is 2.20. The Morgan fingerprint density at radius 2 is 2.10 bits per heavy atom. The fourth-order valence-electron chi connectivity index (χ4n) is 2.03. The number of nitrogens with zero attached hydrogens (tertiary/aromatic N) is 2. The zero-order chi connectivity index (χ0) is 15.4. The SMILES string of the molecule is C=C(C)CSc1nc2ccccc2c(=O)n1CCC(C)C. The predicted molar refractivity (Wildman–Crippen MR) is 91.0 cm³/mol. The normalized spacial score (nSPS) is 11.2. The summed E-state index contributed by atoms with van der Waals surface area (Å²) in [6.07, 6.45) is 0.973. The maximum atomic E-state index is 12.7. The minimum Gasteiger partial charge on any atom is -0.287 e. The molecule has 0 aliphatic heterocycles. The van der Waals surface area contributed by atoms with Crippen molar-refractivity contribution in [2.45, 2.75) is 38.9 Å². The zero-order valence-corrected chi connectivity index (χ0v) is 13.7. The van der Waals surface area contributed by atoms with Gasteiger partial charge in [-0.3, -0.25) is 9.36 Å². The number of hydrogen-bond donors (Lipinski definition) is 0. The lowest BCUT2D eigenvalue weighted by atomic mass is 10.1. The van der Waals surface area contributed by atoms with E-state index in [4.69, 9.17) is 0 Å². The summed E-state index contributed by atoms with van der Waals surface area (Å²) in [5.74, 6) is 1.34. The van der Waals surface area contributed by atoms with E-state index >= 15 is 0 Å². The molecule has 4 heteroatoms. The summed E-state index contributed by atoms with van der Waals surface area (Å²) in [7, 11) is 0. The first kappa shape index (κ1) is 15.8. The molecule has 1 aromatic carbocycles. The molecular weight excluding hydrogens is 280 g/mol. The minimum atomic E-state index is 0.0606. The third-order valence-electron chi connectivity index (χ3n) is 3.20. The van der Waals surface area contributed by atoms with E-state index in [9.17, 15) is 4.79 Å². The van der Waals surface area contributed by atoms with Crippen molar-refractivity contribution in [2.24, 2.45) is 5.92 Å². The molecule has 0 saturated carbocycles. The van der Waals surface area contributed by atoms with Crippen molar-refractivity contribution in [1.82, 2.24) is 9.55 Å². The average Bonchev–Trinajstić information content (AvgIpc) is 2.44. The van der Waals surface area contributed by atoms with Crippen LogP contribution in [0, 0.1) is 5.92 Å². The molecule has 0 unspecified atom stereocenters. The first-order chi connectivity index (χ1) is 9.99. The third-order valence-corrected chi connectivity index (χ3v) is 4.41. The topological polar surface area (TPSA) is 34.9 Å². The Bertz CT molecular complexity index is 703. The molecule has 21 heavy (non-hydrogen) atoms. The van der Waals surface area contributed by atoms with Gasteiger partial charge in [-0.25, -0.2) is 4.98 Å². The Hall–Kier alpha value is -1.55. The van der Waals surface area contributed by atoms with Gasteiger partial charge in [-0.15, -0.1) is 0 Å². The second kappa shape index (κ2) is 6.94. The molecule has 1 aromatic heterocycles. The van der Waals surface area contributed by atoms with Gasteiger partial charge in [0.2, 0.25) is 0 Å². The van der Waals surface area contributed by atoms with Crippen LogP contribution in [0.4, 0.5) is 0 Å². The van der Waals surface area contributed by atoms with Gasteiger partial charge in [-0.05, 0) is 31.4 Å². The van der Waals surface area contributed by atoms with Crippen LogP contribution in [0.1, 0.15) is 27.2 Å². The van der Waals surface area contributed by atoms with Gasteiger partial charge in [0.25, 0.3) is 5.56 Å². The quantitative estimate of drug-likeness (QED) is 0.457. The van der Waals surface area contributed by atoms with Crippen LogP contribution in [0.15, 0.2) is 46.4 Å². The standard InChI is InChI=1S/C17H22N2OS/c1-12(2)9-10-19-16(20)14-7-5-6-8-15(14)18-17(19)21-11-13(3)4/h5-8,12H,3,9-11H2,1-2,4H3. The number of benzene rings is 1. The van der Waals surface area contributed by atoms with Gasteiger partial charge in [0.1, 0.15) is 0 Å². The summed E-state index contributed by atoms with van der Waals surface area (Å²) in [4.78, 5) is 17.4. The van der Waals surface area contributed by atoms with Gasteiger partial charge < -0.3 is 0 Å². The molecule has 0 radical (unpaired) electrons. The second-order valence-corrected chi connectivity index (χ2v) is 6.74. The van der Waals surface area contributed by atoms with E-state index in [-0.39, 0.29) is 5.56 Å². The molecule has 0 atom stereocenters. The smallest absolute Gasteiger partial charge is 0.262 e. The number of rotatable bonds is 6. The molecule has 3 nitrogen and oxygen atoms in total. The molecule has 0 amide bonds. The van der Waals surface area contributed by atoms with E-state index in [2.05, 4.69) is 25.4 Å². The van der Waals surface area contributed by atoms with Crippen molar-refractivity contribution in [3.05, 3.63) is 46.8 Å². The number of fused-ring (bicyclic) bond motifs is 1. The highest BCUT2D eigenvalue weighted by molar-refractivity contribution is 7.99. The van der Waals surface area contributed by atoms with Crippen LogP contribution in [0.2, 0.25) is 0 Å². The van der Waals surface area contributed by atoms with Crippen LogP contribution in [-0.2, 0) is 6.54 Å². The molecule has 0 bridgehead atoms. The molecule has 2 aromatic rings. The monoisotopic (exact) mass is 302 g/mol. The lowest BCUT2D eigenvalue weighted by Crippen LogP contribution is -2.24. The lowest BCUT2D eigenvalue weighted by molar-refractivity contribution is 0.481. The van der Waals surface area contributed by atoms with E-state index < -0.39 is 0 Å². The molecule has 2 rings (SSSR count). The van der Waals surface area contributed by atoms with Gasteiger partial charge in [-0.2, -0.15) is 0 Å². The van der Waals surface area contributed by atoms with Crippen LogP contribution < -0.4 is 5.56 Å². The first-order valence-electron chi connectivity index (χ1n) is 7.25. The summed E-state index contributed by atoms with van der Waals surface area (Å²) in [5.41, 5.74) is 1.91. The largest absolute Gasteiger partial charge is 0.287 e. The molecule has 0 spiro atoms. The third kappa shape index (κ3) is 3.97. The zero-order valence-electron chi connectivity index (χ0n) is 12.9. The van der Waals surface area contributed by atoms with Crippen molar-refractivity contribution >= 4 is 22.7 Å². The van der Waals surface area contributed by atoms with Crippen LogP contribution >= 0.6 is 11.8 Å². The van der Waals surface area contributed by atoms with Crippen molar-refractivity contribution in [2.75, 3.05) is 5.75 Å². The fourth-order valence-corrected chi connectivity index (χ4v) is 2.90. The summed E-state index contributed by atoms with van der Waals surface area (Å²) in [6.45, 7) is 11.0. The highest BCUT2D eigenvalue weighted by atomic mass is 32.2. The van der Waals surface area contributed by atoms with E-state index in [1.165, 1.54) is 0 Å². The molecular formula is C17H22N2OS. The molecule has 0 fully saturated rings. The van der Waals surface area contributed by atoms with Crippen molar-refractivity contribution < 1.29 is 0 Å². The fraction of sp³-hybridized carbons (Fsp3) is 0.412. The Morgan fingerprint density at radius 3 is 2.76 bits per heavy atom. The van der Waals surface area contributed by atoms with E-state index in [0.29, 0.717) is 17.8 Å². The van der Waals surface area contributed by atoms with Crippen LogP contribution in [0.3, 0.4) is 0 Å². The summed E-state index contributed by atoms with van der Waals surface area (Å²) < 4.78 is 1.82. The number of hydrogen-bond acceptors (Lipinski definition) is 3. The van der Waals surface area contributed by atoms with Gasteiger partial charge in [0, 0.05) is 12.3 Å². The maximum Gasteiger partial charge on any atom is 0.262 e. The van der Waals surface area contributed by atoms with Crippen LogP contribution in [-0.4, -0.2) is 15.3 Å². The average molecular weight is 302 g/mol. The lowest BCUT2D eigenvalue weighted by Gasteiger charge is -2.14. The summed E-state index contributed by atoms with van der Waals surface area (Å²) in [5, 5.41) is 1.49. The molecule has 1 heterocycles. The van der Waals surface area contributed by atoms with Crippen molar-refractivity contribution in [3.8, 4) is 0 Å². The van der Waals surface area contributed by atoms with Gasteiger partial charge in [0.05, 0.1) is 10.9 Å². The Balaban J connectivity index is 2.48. The molecule has 0 N–H and O–H groups in total. The molecule has 112 valence electrons. The van der Waals surface area contributed by atoms with Gasteiger partial charge >= 0.3 is 0 Å². The maximum absolute atomic E-state index is 12.7. The predicted octanol–water partition coefficient (Wildman–Crippen LogP) is 4.11. The molecule has 0 aliphatic rings. The van der Waals surface area contributed by atoms with Crippen LogP contribution in [0.5, 0.6) is 0 Å². The second-order valence-electron chi connectivity index (χ2n) is 5.80. The number of thioether (sulfide) groups is 1. The van der Waals surface area contributed by atoms with E-state index in [1.807, 2.05) is 35.8 Å². The Kier molecular flexibility index (Phi) is 5.23. The minimum absolute atomic E-state index is 0.0606.